The van der Waals surface area contributed by atoms with Crippen LogP contribution < -0.4 is 5.32 Å². The predicted molar refractivity (Wildman–Crippen MR) is 81.4 cm³/mol. The van der Waals surface area contributed by atoms with Gasteiger partial charge in [0.1, 0.15) is 0 Å². The van der Waals surface area contributed by atoms with Crippen LogP contribution >= 0.6 is 0 Å². The molecule has 1 saturated heterocycles. The normalized spacial score (nSPS) is 19.2. The number of rotatable bonds is 6. The Balaban J connectivity index is 1.94. The summed E-state index contributed by atoms with van der Waals surface area (Å²) in [5.74, 6) is 0.258. The minimum absolute atomic E-state index is 0.0528. The van der Waals surface area contributed by atoms with Crippen LogP contribution in [0, 0.1) is 0 Å². The number of hydrogen-bond acceptors (Lipinski definition) is 3. The van der Waals surface area contributed by atoms with Gasteiger partial charge in [-0.15, -0.1) is 0 Å². The van der Waals surface area contributed by atoms with Crippen LogP contribution in [0.4, 0.5) is 0 Å². The summed E-state index contributed by atoms with van der Waals surface area (Å²) in [6.45, 7) is 3.50. The van der Waals surface area contributed by atoms with Crippen molar-refractivity contribution in [2.45, 2.75) is 25.4 Å². The number of likely N-dealkylation sites (N-methyl/N-ethyl adjacent to an activating group) is 2. The van der Waals surface area contributed by atoms with E-state index in [-0.39, 0.29) is 11.9 Å². The maximum absolute atomic E-state index is 12.5. The molecule has 4 nitrogen and oxygen atoms in total. The molecule has 1 aliphatic rings. The fourth-order valence-electron chi connectivity index (χ4n) is 2.76. The van der Waals surface area contributed by atoms with Gasteiger partial charge in [0.05, 0.1) is 6.04 Å². The summed E-state index contributed by atoms with van der Waals surface area (Å²) in [7, 11) is 3.81. The molecule has 1 heterocycles. The largest absolute Gasteiger partial charge is 0.343 e. The number of nitrogens with zero attached hydrogens (tertiary/aromatic N) is 2. The zero-order valence-corrected chi connectivity index (χ0v) is 12.5. The SMILES string of the molecule is CNCCN(C)C(=O)C1CCCN1Cc1ccccc1. The molecule has 1 amide bonds. The zero-order valence-electron chi connectivity index (χ0n) is 12.5. The van der Waals surface area contributed by atoms with E-state index >= 15 is 0 Å². The lowest BCUT2D eigenvalue weighted by molar-refractivity contribution is -0.134. The molecule has 1 unspecified atom stereocenters. The summed E-state index contributed by atoms with van der Waals surface area (Å²) < 4.78 is 0. The molecule has 0 spiro atoms. The molecule has 0 aliphatic carbocycles. The van der Waals surface area contributed by atoms with E-state index in [1.54, 1.807) is 0 Å². The number of amides is 1. The molecule has 1 aromatic carbocycles. The van der Waals surface area contributed by atoms with Crippen LogP contribution in [0.15, 0.2) is 30.3 Å². The molecular formula is C16H25N3O. The highest BCUT2D eigenvalue weighted by atomic mass is 16.2. The lowest BCUT2D eigenvalue weighted by Crippen LogP contribution is -2.45. The third kappa shape index (κ3) is 3.81. The van der Waals surface area contributed by atoms with Gasteiger partial charge in [0.25, 0.3) is 0 Å². The molecule has 4 heteroatoms. The Bertz CT molecular complexity index is 421. The van der Waals surface area contributed by atoms with E-state index in [4.69, 9.17) is 0 Å². The fraction of sp³-hybridized carbons (Fsp3) is 0.562. The molecule has 0 saturated carbocycles. The molecular weight excluding hydrogens is 250 g/mol. The molecule has 2 rings (SSSR count). The molecule has 1 N–H and O–H groups in total. The van der Waals surface area contributed by atoms with Crippen LogP contribution in [-0.2, 0) is 11.3 Å². The molecule has 1 aliphatic heterocycles. The van der Waals surface area contributed by atoms with E-state index in [1.807, 2.05) is 25.1 Å². The van der Waals surface area contributed by atoms with Crippen molar-refractivity contribution in [2.75, 3.05) is 33.7 Å². The Morgan fingerprint density at radius 2 is 2.15 bits per heavy atom. The van der Waals surface area contributed by atoms with Crippen molar-refractivity contribution in [1.82, 2.24) is 15.1 Å². The first kappa shape index (κ1) is 15.0. The number of hydrogen-bond donors (Lipinski definition) is 1. The van der Waals surface area contributed by atoms with Gasteiger partial charge in [-0.2, -0.15) is 0 Å². The third-order valence-corrected chi connectivity index (χ3v) is 3.95. The highest BCUT2D eigenvalue weighted by molar-refractivity contribution is 5.82. The molecule has 110 valence electrons. The Hall–Kier alpha value is -1.39. The van der Waals surface area contributed by atoms with Gasteiger partial charge in [0.2, 0.25) is 5.91 Å². The third-order valence-electron chi connectivity index (χ3n) is 3.95. The van der Waals surface area contributed by atoms with Gasteiger partial charge in [-0.05, 0) is 32.0 Å². The van der Waals surface area contributed by atoms with Gasteiger partial charge in [0, 0.05) is 26.7 Å². The monoisotopic (exact) mass is 275 g/mol. The van der Waals surface area contributed by atoms with E-state index < -0.39 is 0 Å². The number of nitrogens with one attached hydrogen (secondary N) is 1. The highest BCUT2D eigenvalue weighted by Crippen LogP contribution is 2.21. The summed E-state index contributed by atoms with van der Waals surface area (Å²) in [6.07, 6.45) is 2.10. The topological polar surface area (TPSA) is 35.6 Å². The van der Waals surface area contributed by atoms with Crippen molar-refractivity contribution in [1.29, 1.82) is 0 Å². The summed E-state index contributed by atoms with van der Waals surface area (Å²) in [5.41, 5.74) is 1.28. The molecule has 1 atom stereocenters. The number of carbonyl (C=O) groups is 1. The van der Waals surface area contributed by atoms with E-state index in [0.29, 0.717) is 0 Å². The molecule has 0 aromatic heterocycles. The van der Waals surface area contributed by atoms with E-state index in [9.17, 15) is 4.79 Å². The number of carbonyl (C=O) groups excluding carboxylic acids is 1. The van der Waals surface area contributed by atoms with Crippen LogP contribution in [0.2, 0.25) is 0 Å². The van der Waals surface area contributed by atoms with Crippen molar-refractivity contribution < 1.29 is 4.79 Å². The van der Waals surface area contributed by atoms with Crippen LogP contribution in [0.1, 0.15) is 18.4 Å². The van der Waals surface area contributed by atoms with Gasteiger partial charge in [-0.25, -0.2) is 0 Å². The van der Waals surface area contributed by atoms with Crippen molar-refractivity contribution >= 4 is 5.91 Å². The van der Waals surface area contributed by atoms with Gasteiger partial charge < -0.3 is 10.2 Å². The van der Waals surface area contributed by atoms with Crippen LogP contribution in [0.5, 0.6) is 0 Å². The first-order valence-corrected chi connectivity index (χ1v) is 7.40. The average molecular weight is 275 g/mol. The minimum atomic E-state index is 0.0528. The minimum Gasteiger partial charge on any atom is -0.343 e. The summed E-state index contributed by atoms with van der Waals surface area (Å²) in [6, 6.07) is 10.5. The second kappa shape index (κ2) is 7.41. The molecule has 20 heavy (non-hydrogen) atoms. The Kier molecular flexibility index (Phi) is 5.56. The van der Waals surface area contributed by atoms with Crippen molar-refractivity contribution in [3.8, 4) is 0 Å². The number of likely N-dealkylation sites (tertiary alicyclic amines) is 1. The summed E-state index contributed by atoms with van der Waals surface area (Å²) in [5, 5.41) is 3.09. The molecule has 1 fully saturated rings. The highest BCUT2D eigenvalue weighted by Gasteiger charge is 2.32. The number of benzene rings is 1. The Morgan fingerprint density at radius 3 is 2.85 bits per heavy atom. The fourth-order valence-corrected chi connectivity index (χ4v) is 2.76. The lowest BCUT2D eigenvalue weighted by atomic mass is 10.1. The summed E-state index contributed by atoms with van der Waals surface area (Å²) in [4.78, 5) is 16.7. The van der Waals surface area contributed by atoms with Gasteiger partial charge in [-0.3, -0.25) is 9.69 Å². The lowest BCUT2D eigenvalue weighted by Gasteiger charge is -2.28. The first-order chi connectivity index (χ1) is 9.72. The smallest absolute Gasteiger partial charge is 0.239 e. The maximum atomic E-state index is 12.5. The second-order valence-electron chi connectivity index (χ2n) is 5.48. The van der Waals surface area contributed by atoms with Crippen molar-refractivity contribution in [3.05, 3.63) is 35.9 Å². The quantitative estimate of drug-likeness (QED) is 0.851. The van der Waals surface area contributed by atoms with Crippen molar-refractivity contribution in [2.24, 2.45) is 0 Å². The zero-order chi connectivity index (χ0) is 14.4. The molecule has 1 aromatic rings. The van der Waals surface area contributed by atoms with Crippen molar-refractivity contribution in [3.63, 3.8) is 0 Å². The van der Waals surface area contributed by atoms with Crippen LogP contribution in [0.3, 0.4) is 0 Å². The van der Waals surface area contributed by atoms with E-state index in [1.165, 1.54) is 5.56 Å². The Labute approximate surface area is 121 Å². The van der Waals surface area contributed by atoms with Gasteiger partial charge >= 0.3 is 0 Å². The Morgan fingerprint density at radius 1 is 1.40 bits per heavy atom. The second-order valence-corrected chi connectivity index (χ2v) is 5.48. The van der Waals surface area contributed by atoms with Crippen LogP contribution in [-0.4, -0.2) is 55.5 Å². The standard InChI is InChI=1S/C16H25N3O/c1-17-10-12-18(2)16(20)15-9-6-11-19(15)13-14-7-4-3-5-8-14/h3-5,7-8,15,17H,6,9-13H2,1-2H3. The van der Waals surface area contributed by atoms with Gasteiger partial charge in [-0.1, -0.05) is 30.3 Å². The summed E-state index contributed by atoms with van der Waals surface area (Å²) >= 11 is 0. The van der Waals surface area contributed by atoms with Gasteiger partial charge in [0.15, 0.2) is 0 Å². The molecule has 0 radical (unpaired) electrons. The average Bonchev–Trinajstić information content (AvgIpc) is 2.93. The maximum Gasteiger partial charge on any atom is 0.239 e. The molecule has 0 bridgehead atoms. The first-order valence-electron chi connectivity index (χ1n) is 7.40. The van der Waals surface area contributed by atoms with E-state index in [0.717, 1.165) is 39.0 Å². The predicted octanol–water partition coefficient (Wildman–Crippen LogP) is 1.33. The van der Waals surface area contributed by atoms with Crippen LogP contribution in [0.25, 0.3) is 0 Å². The van der Waals surface area contributed by atoms with E-state index in [2.05, 4.69) is 34.5 Å².